The second-order valence-corrected chi connectivity index (χ2v) is 7.16. The van der Waals surface area contributed by atoms with Crippen LogP contribution in [0.25, 0.3) is 0 Å². The number of guanidine groups is 1. The fraction of sp³-hybridized carbons (Fsp3) is 0.412. The van der Waals surface area contributed by atoms with Crippen LogP contribution in [0.5, 0.6) is 5.75 Å². The van der Waals surface area contributed by atoms with Crippen LogP contribution in [0, 0.1) is 0 Å². The molecule has 1 aromatic carbocycles. The zero-order valence-corrected chi connectivity index (χ0v) is 15.9. The standard InChI is InChI=1S/C17H22ClN5OS/c1-19-17(21-10-16-20-6-8-25-16)22-13-5-7-23(11-13)14-9-12(18)3-4-15(14)24-2/h3-4,6,8-9,13H,5,7,10-11H2,1-2H3,(H2,19,21,22). The third kappa shape index (κ3) is 4.55. The van der Waals surface area contributed by atoms with Crippen molar-refractivity contribution in [1.82, 2.24) is 15.6 Å². The maximum absolute atomic E-state index is 6.15. The molecule has 0 radical (unpaired) electrons. The number of hydrogen-bond acceptors (Lipinski definition) is 5. The number of thiazole rings is 1. The summed E-state index contributed by atoms with van der Waals surface area (Å²) < 4.78 is 5.47. The van der Waals surface area contributed by atoms with Crippen LogP contribution in [0.3, 0.4) is 0 Å². The Kier molecular flexibility index (Phi) is 5.99. The molecule has 8 heteroatoms. The van der Waals surface area contributed by atoms with Gasteiger partial charge in [-0.2, -0.15) is 0 Å². The lowest BCUT2D eigenvalue weighted by atomic mass is 10.2. The Morgan fingerprint density at radius 1 is 1.52 bits per heavy atom. The highest BCUT2D eigenvalue weighted by Gasteiger charge is 2.25. The van der Waals surface area contributed by atoms with Crippen molar-refractivity contribution < 1.29 is 4.74 Å². The first-order valence-electron chi connectivity index (χ1n) is 8.13. The Hall–Kier alpha value is -1.99. The monoisotopic (exact) mass is 379 g/mol. The second kappa shape index (κ2) is 8.40. The van der Waals surface area contributed by atoms with Gasteiger partial charge >= 0.3 is 0 Å². The summed E-state index contributed by atoms with van der Waals surface area (Å²) in [7, 11) is 3.47. The van der Waals surface area contributed by atoms with Crippen LogP contribution in [0.2, 0.25) is 5.02 Å². The Labute approximate surface area is 156 Å². The average molecular weight is 380 g/mol. The highest BCUT2D eigenvalue weighted by atomic mass is 35.5. The molecule has 0 aliphatic carbocycles. The van der Waals surface area contributed by atoms with Gasteiger partial charge in [0.15, 0.2) is 5.96 Å². The molecule has 1 saturated heterocycles. The van der Waals surface area contributed by atoms with Crippen molar-refractivity contribution in [2.45, 2.75) is 19.0 Å². The SMILES string of the molecule is CN=C(NCc1nccs1)NC1CCN(c2cc(Cl)ccc2OC)C1. The van der Waals surface area contributed by atoms with Gasteiger partial charge in [-0.3, -0.25) is 4.99 Å². The van der Waals surface area contributed by atoms with E-state index < -0.39 is 0 Å². The molecule has 1 atom stereocenters. The highest BCUT2D eigenvalue weighted by Crippen LogP contribution is 2.33. The van der Waals surface area contributed by atoms with Crippen LogP contribution < -0.4 is 20.3 Å². The molecule has 2 heterocycles. The minimum Gasteiger partial charge on any atom is -0.495 e. The lowest BCUT2D eigenvalue weighted by Gasteiger charge is -2.22. The van der Waals surface area contributed by atoms with Crippen molar-refractivity contribution in [3.05, 3.63) is 39.8 Å². The molecule has 25 heavy (non-hydrogen) atoms. The highest BCUT2D eigenvalue weighted by molar-refractivity contribution is 7.09. The molecule has 0 bridgehead atoms. The third-order valence-corrected chi connectivity index (χ3v) is 5.14. The maximum Gasteiger partial charge on any atom is 0.191 e. The number of aromatic nitrogens is 1. The van der Waals surface area contributed by atoms with Gasteiger partial charge in [0, 0.05) is 42.8 Å². The molecule has 1 unspecified atom stereocenters. The lowest BCUT2D eigenvalue weighted by molar-refractivity contribution is 0.415. The number of anilines is 1. The summed E-state index contributed by atoms with van der Waals surface area (Å²) in [5.74, 6) is 1.64. The number of rotatable bonds is 5. The number of hydrogen-bond donors (Lipinski definition) is 2. The van der Waals surface area contributed by atoms with Gasteiger partial charge in [-0.15, -0.1) is 11.3 Å². The third-order valence-electron chi connectivity index (χ3n) is 4.12. The topological polar surface area (TPSA) is 61.8 Å². The Balaban J connectivity index is 1.58. The molecule has 1 fully saturated rings. The van der Waals surface area contributed by atoms with Crippen LogP contribution in [0.15, 0.2) is 34.8 Å². The zero-order valence-electron chi connectivity index (χ0n) is 14.3. The zero-order chi connectivity index (χ0) is 17.6. The molecule has 3 rings (SSSR count). The van der Waals surface area contributed by atoms with E-state index in [1.54, 1.807) is 25.5 Å². The summed E-state index contributed by atoms with van der Waals surface area (Å²) in [4.78, 5) is 10.9. The molecule has 1 aromatic heterocycles. The largest absolute Gasteiger partial charge is 0.495 e. The predicted molar refractivity (Wildman–Crippen MR) is 104 cm³/mol. The molecule has 134 valence electrons. The van der Waals surface area contributed by atoms with E-state index in [-0.39, 0.29) is 0 Å². The molecule has 1 aliphatic rings. The summed E-state index contributed by atoms with van der Waals surface area (Å²) in [6.07, 6.45) is 2.83. The minimum absolute atomic E-state index is 0.311. The molecule has 6 nitrogen and oxygen atoms in total. The Bertz CT molecular complexity index is 722. The average Bonchev–Trinajstić information content (AvgIpc) is 3.30. The summed E-state index contributed by atoms with van der Waals surface area (Å²) in [5, 5.41) is 10.5. The normalized spacial score (nSPS) is 17.6. The molecular weight excluding hydrogens is 358 g/mol. The number of methoxy groups -OCH3 is 1. The Morgan fingerprint density at radius 3 is 3.12 bits per heavy atom. The Morgan fingerprint density at radius 2 is 2.40 bits per heavy atom. The van der Waals surface area contributed by atoms with Crippen LogP contribution in [0.4, 0.5) is 5.69 Å². The molecule has 1 aliphatic heterocycles. The number of benzene rings is 1. The van der Waals surface area contributed by atoms with Crippen LogP contribution in [0.1, 0.15) is 11.4 Å². The fourth-order valence-corrected chi connectivity index (χ4v) is 3.62. The lowest BCUT2D eigenvalue weighted by Crippen LogP contribution is -2.44. The molecule has 0 amide bonds. The molecule has 2 aromatic rings. The van der Waals surface area contributed by atoms with Gasteiger partial charge in [-0.1, -0.05) is 11.6 Å². The van der Waals surface area contributed by atoms with Gasteiger partial charge in [0.05, 0.1) is 19.3 Å². The van der Waals surface area contributed by atoms with Gasteiger partial charge in [-0.05, 0) is 24.6 Å². The number of halogens is 1. The molecule has 0 saturated carbocycles. The fourth-order valence-electron chi connectivity index (χ4n) is 2.89. The van der Waals surface area contributed by atoms with E-state index >= 15 is 0 Å². The second-order valence-electron chi connectivity index (χ2n) is 5.74. The van der Waals surface area contributed by atoms with Crippen molar-refractivity contribution in [2.75, 3.05) is 32.1 Å². The number of nitrogens with zero attached hydrogens (tertiary/aromatic N) is 3. The summed E-state index contributed by atoms with van der Waals surface area (Å²) >= 11 is 7.78. The molecular formula is C17H22ClN5OS. The van der Waals surface area contributed by atoms with Crippen LogP contribution >= 0.6 is 22.9 Å². The predicted octanol–water partition coefficient (Wildman–Crippen LogP) is 2.75. The van der Waals surface area contributed by atoms with E-state index in [1.807, 2.05) is 29.8 Å². The van der Waals surface area contributed by atoms with Crippen molar-refractivity contribution in [1.29, 1.82) is 0 Å². The van der Waals surface area contributed by atoms with E-state index in [9.17, 15) is 0 Å². The van der Waals surface area contributed by atoms with Gasteiger partial charge < -0.3 is 20.3 Å². The van der Waals surface area contributed by atoms with E-state index in [0.717, 1.165) is 41.9 Å². The quantitative estimate of drug-likeness (QED) is 0.618. The molecule has 2 N–H and O–H groups in total. The van der Waals surface area contributed by atoms with Gasteiger partial charge in [0.2, 0.25) is 0 Å². The van der Waals surface area contributed by atoms with E-state index in [4.69, 9.17) is 16.3 Å². The first kappa shape index (κ1) is 17.8. The number of nitrogens with one attached hydrogen (secondary N) is 2. The van der Waals surface area contributed by atoms with Crippen LogP contribution in [-0.2, 0) is 6.54 Å². The van der Waals surface area contributed by atoms with Crippen molar-refractivity contribution in [2.24, 2.45) is 4.99 Å². The summed E-state index contributed by atoms with van der Waals surface area (Å²) in [6.45, 7) is 2.49. The number of ether oxygens (including phenoxy) is 1. The smallest absolute Gasteiger partial charge is 0.191 e. The van der Waals surface area contributed by atoms with Gasteiger partial charge in [0.1, 0.15) is 10.8 Å². The first-order valence-corrected chi connectivity index (χ1v) is 9.39. The number of aliphatic imine (C=N–C) groups is 1. The van der Waals surface area contributed by atoms with Gasteiger partial charge in [-0.25, -0.2) is 4.98 Å². The van der Waals surface area contributed by atoms with Gasteiger partial charge in [0.25, 0.3) is 0 Å². The van der Waals surface area contributed by atoms with Crippen molar-refractivity contribution >= 4 is 34.6 Å². The van der Waals surface area contributed by atoms with Crippen molar-refractivity contribution in [3.63, 3.8) is 0 Å². The van der Waals surface area contributed by atoms with Crippen LogP contribution in [-0.4, -0.2) is 44.2 Å². The van der Waals surface area contributed by atoms with E-state index in [1.165, 1.54) is 0 Å². The van der Waals surface area contributed by atoms with E-state index in [2.05, 4.69) is 25.5 Å². The minimum atomic E-state index is 0.311. The van der Waals surface area contributed by atoms with Crippen molar-refractivity contribution in [3.8, 4) is 5.75 Å². The summed E-state index contributed by atoms with van der Waals surface area (Å²) in [5.41, 5.74) is 1.03. The summed E-state index contributed by atoms with van der Waals surface area (Å²) in [6, 6.07) is 6.02. The van der Waals surface area contributed by atoms with E-state index in [0.29, 0.717) is 17.6 Å². The maximum atomic E-state index is 6.15. The first-order chi connectivity index (χ1) is 12.2. The molecule has 0 spiro atoms.